The number of rotatable bonds is 7. The van der Waals surface area contributed by atoms with E-state index in [1.54, 1.807) is 12.1 Å². The number of imidazole rings is 1. The Morgan fingerprint density at radius 2 is 2.19 bits per heavy atom. The normalized spacial score (nSPS) is 12.4. The van der Waals surface area contributed by atoms with Crippen LogP contribution in [0.5, 0.6) is 0 Å². The van der Waals surface area contributed by atoms with Crippen LogP contribution in [0.25, 0.3) is 0 Å². The molecule has 0 saturated carbocycles. The fraction of sp³-hybridized carbons (Fsp3) is 0.438. The molecule has 2 rings (SSSR count). The minimum Gasteiger partial charge on any atom is -0.362 e. The van der Waals surface area contributed by atoms with E-state index in [0.29, 0.717) is 6.54 Å². The quantitative estimate of drug-likeness (QED) is 0.853. The van der Waals surface area contributed by atoms with E-state index in [1.807, 2.05) is 25.5 Å². The Kier molecular flexibility index (Phi) is 5.33. The van der Waals surface area contributed by atoms with Crippen molar-refractivity contribution in [3.8, 4) is 0 Å². The average molecular weight is 290 g/mol. The SMILES string of the molecule is CCCn1cncc1C(CN)N(CC)c1cccc(F)c1. The molecule has 1 unspecified atom stereocenters. The van der Waals surface area contributed by atoms with Gasteiger partial charge >= 0.3 is 0 Å². The molecule has 114 valence electrons. The largest absolute Gasteiger partial charge is 0.362 e. The van der Waals surface area contributed by atoms with Crippen molar-refractivity contribution in [2.24, 2.45) is 5.73 Å². The van der Waals surface area contributed by atoms with Crippen LogP contribution in [-0.2, 0) is 6.54 Å². The first kappa shape index (κ1) is 15.5. The van der Waals surface area contributed by atoms with E-state index >= 15 is 0 Å². The van der Waals surface area contributed by atoms with E-state index < -0.39 is 0 Å². The van der Waals surface area contributed by atoms with Crippen LogP contribution in [-0.4, -0.2) is 22.6 Å². The molecule has 21 heavy (non-hydrogen) atoms. The van der Waals surface area contributed by atoms with Crippen molar-refractivity contribution < 1.29 is 4.39 Å². The minimum absolute atomic E-state index is 0.00847. The molecule has 1 aromatic heterocycles. The van der Waals surface area contributed by atoms with Crippen molar-refractivity contribution in [1.29, 1.82) is 0 Å². The lowest BCUT2D eigenvalue weighted by Gasteiger charge is -2.32. The molecule has 4 nitrogen and oxygen atoms in total. The van der Waals surface area contributed by atoms with Crippen molar-refractivity contribution >= 4 is 5.69 Å². The molecule has 0 aliphatic carbocycles. The van der Waals surface area contributed by atoms with E-state index in [2.05, 4.69) is 21.4 Å². The number of hydrogen-bond acceptors (Lipinski definition) is 3. The predicted molar refractivity (Wildman–Crippen MR) is 83.7 cm³/mol. The number of nitrogens with two attached hydrogens (primary N) is 1. The smallest absolute Gasteiger partial charge is 0.125 e. The van der Waals surface area contributed by atoms with Gasteiger partial charge in [0.15, 0.2) is 0 Å². The lowest BCUT2D eigenvalue weighted by molar-refractivity contribution is 0.561. The van der Waals surface area contributed by atoms with Crippen molar-refractivity contribution in [2.45, 2.75) is 32.9 Å². The lowest BCUT2D eigenvalue weighted by Crippen LogP contribution is -2.35. The molecule has 1 heterocycles. The highest BCUT2D eigenvalue weighted by Crippen LogP contribution is 2.26. The molecule has 2 aromatic rings. The number of nitrogens with zero attached hydrogens (tertiary/aromatic N) is 3. The molecular weight excluding hydrogens is 267 g/mol. The fourth-order valence-corrected chi connectivity index (χ4v) is 2.68. The van der Waals surface area contributed by atoms with E-state index in [0.717, 1.165) is 30.9 Å². The third-order valence-corrected chi connectivity index (χ3v) is 3.63. The van der Waals surface area contributed by atoms with E-state index in [-0.39, 0.29) is 11.9 Å². The molecule has 5 heteroatoms. The summed E-state index contributed by atoms with van der Waals surface area (Å²) in [7, 11) is 0. The van der Waals surface area contributed by atoms with Gasteiger partial charge in [-0.3, -0.25) is 0 Å². The molecule has 0 fully saturated rings. The van der Waals surface area contributed by atoms with Gasteiger partial charge in [0.2, 0.25) is 0 Å². The van der Waals surface area contributed by atoms with E-state index in [1.165, 1.54) is 6.07 Å². The Morgan fingerprint density at radius 3 is 2.81 bits per heavy atom. The zero-order valence-corrected chi connectivity index (χ0v) is 12.7. The molecule has 0 saturated heterocycles. The Morgan fingerprint density at radius 1 is 1.38 bits per heavy atom. The van der Waals surface area contributed by atoms with E-state index in [9.17, 15) is 4.39 Å². The maximum Gasteiger partial charge on any atom is 0.125 e. The third-order valence-electron chi connectivity index (χ3n) is 3.63. The molecule has 0 amide bonds. The first-order chi connectivity index (χ1) is 10.2. The second-order valence-corrected chi connectivity index (χ2v) is 5.03. The van der Waals surface area contributed by atoms with Crippen molar-refractivity contribution in [3.05, 3.63) is 48.3 Å². The van der Waals surface area contributed by atoms with Gasteiger partial charge in [0, 0.05) is 25.3 Å². The van der Waals surface area contributed by atoms with Gasteiger partial charge in [-0.15, -0.1) is 0 Å². The van der Waals surface area contributed by atoms with Crippen LogP contribution >= 0.6 is 0 Å². The predicted octanol–water partition coefficient (Wildman–Crippen LogP) is 2.96. The summed E-state index contributed by atoms with van der Waals surface area (Å²) in [6.07, 6.45) is 4.72. The topological polar surface area (TPSA) is 47.1 Å². The fourth-order valence-electron chi connectivity index (χ4n) is 2.68. The highest BCUT2D eigenvalue weighted by molar-refractivity contribution is 5.48. The number of aryl methyl sites for hydroxylation is 1. The molecule has 1 aromatic carbocycles. The summed E-state index contributed by atoms with van der Waals surface area (Å²) in [6.45, 7) is 6.30. The van der Waals surface area contributed by atoms with Crippen LogP contribution in [0.2, 0.25) is 0 Å². The first-order valence-electron chi connectivity index (χ1n) is 7.43. The van der Waals surface area contributed by atoms with Gasteiger partial charge < -0.3 is 15.2 Å². The number of hydrogen-bond donors (Lipinski definition) is 1. The second-order valence-electron chi connectivity index (χ2n) is 5.03. The summed E-state index contributed by atoms with van der Waals surface area (Å²) in [5.74, 6) is -0.233. The Hall–Kier alpha value is -1.88. The third kappa shape index (κ3) is 3.42. The zero-order chi connectivity index (χ0) is 15.2. The van der Waals surface area contributed by atoms with Gasteiger partial charge in [-0.2, -0.15) is 0 Å². The molecule has 0 spiro atoms. The highest BCUT2D eigenvalue weighted by Gasteiger charge is 2.21. The summed E-state index contributed by atoms with van der Waals surface area (Å²) in [5.41, 5.74) is 7.92. The number of aromatic nitrogens is 2. The lowest BCUT2D eigenvalue weighted by atomic mass is 10.1. The summed E-state index contributed by atoms with van der Waals surface area (Å²) < 4.78 is 15.6. The summed E-state index contributed by atoms with van der Waals surface area (Å²) in [4.78, 5) is 6.36. The second kappa shape index (κ2) is 7.22. The van der Waals surface area contributed by atoms with Crippen LogP contribution < -0.4 is 10.6 Å². The first-order valence-corrected chi connectivity index (χ1v) is 7.43. The molecule has 0 aliphatic heterocycles. The van der Waals surface area contributed by atoms with Gasteiger partial charge in [-0.05, 0) is 31.5 Å². The average Bonchev–Trinajstić information content (AvgIpc) is 2.93. The number of likely N-dealkylation sites (N-methyl/N-ethyl adjacent to an activating group) is 1. The van der Waals surface area contributed by atoms with Crippen LogP contribution in [0.1, 0.15) is 32.0 Å². The standard InChI is InChI=1S/C16H23FN4/c1-3-8-20-12-19-11-16(20)15(10-18)21(4-2)14-7-5-6-13(17)9-14/h5-7,9,11-12,15H,3-4,8,10,18H2,1-2H3. The molecule has 0 radical (unpaired) electrons. The molecule has 0 aliphatic rings. The monoisotopic (exact) mass is 290 g/mol. The van der Waals surface area contributed by atoms with Gasteiger partial charge in [0.25, 0.3) is 0 Å². The Balaban J connectivity index is 2.35. The van der Waals surface area contributed by atoms with Crippen molar-refractivity contribution in [1.82, 2.24) is 9.55 Å². The van der Waals surface area contributed by atoms with Crippen molar-refractivity contribution in [3.63, 3.8) is 0 Å². The van der Waals surface area contributed by atoms with Crippen LogP contribution in [0, 0.1) is 5.82 Å². The molecule has 0 bridgehead atoms. The summed E-state index contributed by atoms with van der Waals surface area (Å²) in [6, 6.07) is 6.63. The van der Waals surface area contributed by atoms with Crippen molar-refractivity contribution in [2.75, 3.05) is 18.0 Å². The summed E-state index contributed by atoms with van der Waals surface area (Å²) >= 11 is 0. The Bertz CT molecular complexity index is 567. The summed E-state index contributed by atoms with van der Waals surface area (Å²) in [5, 5.41) is 0. The van der Waals surface area contributed by atoms with E-state index in [4.69, 9.17) is 5.73 Å². The molecule has 1 atom stereocenters. The number of anilines is 1. The number of halogens is 1. The highest BCUT2D eigenvalue weighted by atomic mass is 19.1. The van der Waals surface area contributed by atoms with Gasteiger partial charge in [-0.25, -0.2) is 9.37 Å². The maximum atomic E-state index is 13.5. The maximum absolute atomic E-state index is 13.5. The van der Waals surface area contributed by atoms with Crippen LogP contribution in [0.3, 0.4) is 0 Å². The molecule has 2 N–H and O–H groups in total. The number of benzene rings is 1. The van der Waals surface area contributed by atoms with Gasteiger partial charge in [-0.1, -0.05) is 13.0 Å². The zero-order valence-electron chi connectivity index (χ0n) is 12.7. The van der Waals surface area contributed by atoms with Gasteiger partial charge in [0.05, 0.1) is 24.3 Å². The van der Waals surface area contributed by atoms with Gasteiger partial charge in [0.1, 0.15) is 5.82 Å². The Labute approximate surface area is 125 Å². The van der Waals surface area contributed by atoms with Crippen LogP contribution in [0.4, 0.5) is 10.1 Å². The minimum atomic E-state index is -0.233. The molecular formula is C16H23FN4. The van der Waals surface area contributed by atoms with Crippen LogP contribution in [0.15, 0.2) is 36.8 Å².